The van der Waals surface area contributed by atoms with E-state index in [1.54, 1.807) is 0 Å². The number of ketones is 1. The lowest BCUT2D eigenvalue weighted by Crippen LogP contribution is -2.56. The zero-order chi connectivity index (χ0) is 13.6. The number of rotatable bonds is 1. The van der Waals surface area contributed by atoms with Gasteiger partial charge in [-0.1, -0.05) is 37.0 Å². The molecular weight excluding hydrogens is 287 g/mol. The van der Waals surface area contributed by atoms with E-state index in [1.807, 2.05) is 0 Å². The van der Waals surface area contributed by atoms with Crippen molar-refractivity contribution in [2.24, 2.45) is 35.0 Å². The summed E-state index contributed by atoms with van der Waals surface area (Å²) >= 11 is 12.3. The Labute approximate surface area is 122 Å². The van der Waals surface area contributed by atoms with Gasteiger partial charge < -0.3 is 9.47 Å². The van der Waals surface area contributed by atoms with Gasteiger partial charge in [0, 0.05) is 23.2 Å². The molecule has 4 aliphatic rings. The number of alkyl halides is 2. The monoisotopic (exact) mass is 304 g/mol. The lowest BCUT2D eigenvalue weighted by Gasteiger charge is -2.44. The van der Waals surface area contributed by atoms with Crippen LogP contribution in [0.1, 0.15) is 20.3 Å². The van der Waals surface area contributed by atoms with Crippen LogP contribution in [-0.2, 0) is 14.3 Å². The van der Waals surface area contributed by atoms with E-state index < -0.39 is 4.33 Å². The maximum absolute atomic E-state index is 11.8. The van der Waals surface area contributed by atoms with Crippen molar-refractivity contribution in [1.29, 1.82) is 0 Å². The minimum atomic E-state index is -1.15. The largest absolute Gasteiger partial charge is 0.352 e. The number of hydrogen-bond donors (Lipinski definition) is 0. The van der Waals surface area contributed by atoms with E-state index in [9.17, 15) is 4.79 Å². The summed E-state index contributed by atoms with van der Waals surface area (Å²) in [6.07, 6.45) is 0.802. The van der Waals surface area contributed by atoms with Gasteiger partial charge >= 0.3 is 0 Å². The number of ether oxygens (including phenoxy) is 2. The van der Waals surface area contributed by atoms with Crippen LogP contribution in [0.15, 0.2) is 0 Å². The number of Topliss-reactive ketones (excluding diaryl/α,β-unsaturated/α-hetero) is 1. The van der Waals surface area contributed by atoms with E-state index in [0.717, 1.165) is 19.6 Å². The average Bonchev–Trinajstić information content (AvgIpc) is 2.89. The highest BCUT2D eigenvalue weighted by Crippen LogP contribution is 2.73. The van der Waals surface area contributed by atoms with Gasteiger partial charge in [0.2, 0.25) is 0 Å². The zero-order valence-electron chi connectivity index (χ0n) is 11.1. The lowest BCUT2D eigenvalue weighted by atomic mass is 9.69. The van der Waals surface area contributed by atoms with Crippen LogP contribution in [0.2, 0.25) is 0 Å². The molecule has 5 heteroatoms. The molecule has 19 heavy (non-hydrogen) atoms. The quantitative estimate of drug-likeness (QED) is 0.699. The zero-order valence-corrected chi connectivity index (χ0v) is 12.6. The Morgan fingerprint density at radius 3 is 2.42 bits per heavy atom. The Kier molecular flexibility index (Phi) is 2.49. The molecule has 0 radical (unpaired) electrons. The summed E-state index contributed by atoms with van der Waals surface area (Å²) in [5.41, 5.74) is 0.0954. The molecule has 0 amide bonds. The van der Waals surface area contributed by atoms with Gasteiger partial charge in [0.05, 0.1) is 13.2 Å². The molecular formula is C14H18Cl2O3. The molecule has 0 spiro atoms. The van der Waals surface area contributed by atoms with E-state index in [0.29, 0.717) is 17.8 Å². The van der Waals surface area contributed by atoms with Crippen LogP contribution in [0, 0.1) is 35.0 Å². The molecule has 5 unspecified atom stereocenters. The Morgan fingerprint density at radius 2 is 1.79 bits per heavy atom. The van der Waals surface area contributed by atoms with Gasteiger partial charge in [-0.25, -0.2) is 0 Å². The third-order valence-electron chi connectivity index (χ3n) is 5.34. The fourth-order valence-corrected chi connectivity index (χ4v) is 5.22. The van der Waals surface area contributed by atoms with Crippen LogP contribution in [0.25, 0.3) is 0 Å². The first-order chi connectivity index (χ1) is 8.83. The predicted molar refractivity (Wildman–Crippen MR) is 71.0 cm³/mol. The van der Waals surface area contributed by atoms with Crippen LogP contribution >= 0.6 is 23.2 Å². The van der Waals surface area contributed by atoms with E-state index in [4.69, 9.17) is 32.7 Å². The van der Waals surface area contributed by atoms with Crippen LogP contribution in [0.4, 0.5) is 0 Å². The highest BCUT2D eigenvalue weighted by molar-refractivity contribution is 6.61. The fourth-order valence-electron chi connectivity index (χ4n) is 4.35. The Balaban J connectivity index is 1.45. The van der Waals surface area contributed by atoms with Crippen LogP contribution in [0.5, 0.6) is 0 Å². The van der Waals surface area contributed by atoms with Crippen molar-refractivity contribution in [3.05, 3.63) is 0 Å². The summed E-state index contributed by atoms with van der Waals surface area (Å²) in [5, 5.41) is 0. The lowest BCUT2D eigenvalue weighted by molar-refractivity contribution is -0.235. The molecule has 5 atom stereocenters. The maximum Gasteiger partial charge on any atom is 0.179 e. The minimum absolute atomic E-state index is 0.0263. The molecule has 3 aliphatic carbocycles. The Morgan fingerprint density at radius 1 is 1.16 bits per heavy atom. The van der Waals surface area contributed by atoms with E-state index in [-0.39, 0.29) is 29.3 Å². The summed E-state index contributed by atoms with van der Waals surface area (Å²) in [7, 11) is 0. The normalized spacial score (nSPS) is 50.3. The first-order valence-corrected chi connectivity index (χ1v) is 7.74. The second kappa shape index (κ2) is 3.68. The molecule has 1 heterocycles. The second-order valence-corrected chi connectivity index (χ2v) is 8.71. The molecule has 1 saturated heterocycles. The molecule has 0 aromatic heterocycles. The average molecular weight is 305 g/mol. The van der Waals surface area contributed by atoms with Crippen molar-refractivity contribution in [2.75, 3.05) is 13.2 Å². The number of halogens is 2. The van der Waals surface area contributed by atoms with Crippen molar-refractivity contribution < 1.29 is 14.3 Å². The molecule has 3 nitrogen and oxygen atoms in total. The van der Waals surface area contributed by atoms with Gasteiger partial charge in [0.25, 0.3) is 0 Å². The van der Waals surface area contributed by atoms with E-state index in [1.165, 1.54) is 0 Å². The molecule has 3 saturated carbocycles. The summed E-state index contributed by atoms with van der Waals surface area (Å²) in [6, 6.07) is 0. The van der Waals surface area contributed by atoms with Gasteiger partial charge in [-0.05, 0) is 18.3 Å². The van der Waals surface area contributed by atoms with Gasteiger partial charge in [-0.3, -0.25) is 4.79 Å². The SMILES string of the molecule is CC1(C)COC(C2C3CC4C(=O)C(Cl)(Cl)C4C32)OC1. The van der Waals surface area contributed by atoms with Crippen LogP contribution in [0.3, 0.4) is 0 Å². The van der Waals surface area contributed by atoms with Gasteiger partial charge in [0.1, 0.15) is 0 Å². The number of fused-ring (bicyclic) bond motifs is 3. The first-order valence-electron chi connectivity index (χ1n) is 6.98. The fraction of sp³-hybridized carbons (Fsp3) is 0.929. The number of hydrogen-bond acceptors (Lipinski definition) is 3. The van der Waals surface area contributed by atoms with Crippen molar-refractivity contribution in [3.63, 3.8) is 0 Å². The highest BCUT2D eigenvalue weighted by atomic mass is 35.5. The maximum atomic E-state index is 11.8. The summed E-state index contributed by atoms with van der Waals surface area (Å²) in [4.78, 5) is 11.8. The standard InChI is InChI=1S/C14H18Cl2O3/c1-13(2)4-18-12(19-5-13)9-6-3-7-10(8(6)9)14(15,16)11(7)17/h6-10,12H,3-5H2,1-2H3. The van der Waals surface area contributed by atoms with Crippen LogP contribution < -0.4 is 0 Å². The molecule has 106 valence electrons. The van der Waals surface area contributed by atoms with E-state index in [2.05, 4.69) is 13.8 Å². The van der Waals surface area contributed by atoms with Crippen molar-refractivity contribution in [3.8, 4) is 0 Å². The minimum Gasteiger partial charge on any atom is -0.352 e. The number of carbonyl (C=O) groups is 1. The Bertz CT molecular complexity index is 438. The smallest absolute Gasteiger partial charge is 0.179 e. The third kappa shape index (κ3) is 1.62. The van der Waals surface area contributed by atoms with Crippen molar-refractivity contribution >= 4 is 29.0 Å². The first kappa shape index (κ1) is 12.9. The predicted octanol–water partition coefficient (Wildman–Crippen LogP) is 2.64. The van der Waals surface area contributed by atoms with Crippen molar-refractivity contribution in [2.45, 2.75) is 30.9 Å². The molecule has 0 bridgehead atoms. The molecule has 1 aliphatic heterocycles. The summed E-state index contributed by atoms with van der Waals surface area (Å²) in [5.74, 6) is 1.58. The molecule has 0 aromatic rings. The van der Waals surface area contributed by atoms with Gasteiger partial charge in [-0.15, -0.1) is 0 Å². The third-order valence-corrected chi connectivity index (χ3v) is 6.22. The molecule has 4 rings (SSSR count). The van der Waals surface area contributed by atoms with Gasteiger partial charge in [0.15, 0.2) is 16.4 Å². The number of carbonyl (C=O) groups excluding carboxylic acids is 1. The topological polar surface area (TPSA) is 35.5 Å². The second-order valence-electron chi connectivity index (χ2n) is 7.33. The molecule has 0 N–H and O–H groups in total. The van der Waals surface area contributed by atoms with Crippen molar-refractivity contribution in [1.82, 2.24) is 0 Å². The molecule has 4 fully saturated rings. The molecule has 0 aromatic carbocycles. The van der Waals surface area contributed by atoms with Crippen LogP contribution in [-0.4, -0.2) is 29.6 Å². The highest BCUT2D eigenvalue weighted by Gasteiger charge is 2.77. The summed E-state index contributed by atoms with van der Waals surface area (Å²) < 4.78 is 10.6. The van der Waals surface area contributed by atoms with Gasteiger partial charge in [-0.2, -0.15) is 0 Å². The Hall–Kier alpha value is 0.170. The van der Waals surface area contributed by atoms with E-state index >= 15 is 0 Å². The summed E-state index contributed by atoms with van der Waals surface area (Å²) in [6.45, 7) is 5.74.